The van der Waals surface area contributed by atoms with E-state index in [0.29, 0.717) is 0 Å². The maximum atomic E-state index is 10.9. The Bertz CT molecular complexity index is 196. The third kappa shape index (κ3) is 1.17. The van der Waals surface area contributed by atoms with E-state index in [9.17, 15) is 4.79 Å². The minimum Gasteiger partial charge on any atom is -0.461 e. The molecule has 1 aliphatic heterocycles. The number of carbonyl (C=O) groups excluding carboxylic acids is 1. The smallest absolute Gasteiger partial charge is 0.313 e. The van der Waals surface area contributed by atoms with Gasteiger partial charge in [0.1, 0.15) is 6.10 Å². The number of fused-ring (bicyclic) bond motifs is 1. The maximum Gasteiger partial charge on any atom is 0.313 e. The van der Waals surface area contributed by atoms with Gasteiger partial charge in [0.25, 0.3) is 0 Å². The first-order valence-electron chi connectivity index (χ1n) is 4.23. The van der Waals surface area contributed by atoms with Crippen LogP contribution in [0.3, 0.4) is 0 Å². The molecule has 2 atom stereocenters. The lowest BCUT2D eigenvalue weighted by Crippen LogP contribution is -2.45. The first-order valence-corrected chi connectivity index (χ1v) is 4.23. The van der Waals surface area contributed by atoms with Crippen molar-refractivity contribution in [2.45, 2.75) is 31.8 Å². The van der Waals surface area contributed by atoms with Crippen LogP contribution < -0.4 is 0 Å². The molecule has 0 amide bonds. The van der Waals surface area contributed by atoms with Gasteiger partial charge in [0.2, 0.25) is 0 Å². The number of allylic oxidation sites excluding steroid dienone is 2. The van der Waals surface area contributed by atoms with Gasteiger partial charge in [-0.05, 0) is 25.7 Å². The highest BCUT2D eigenvalue weighted by Gasteiger charge is 2.41. The number of hydrogen-bond acceptors (Lipinski definition) is 2. The largest absolute Gasteiger partial charge is 0.461 e. The van der Waals surface area contributed by atoms with Crippen molar-refractivity contribution in [1.82, 2.24) is 0 Å². The molecule has 2 heteroatoms. The van der Waals surface area contributed by atoms with Gasteiger partial charge in [0.15, 0.2) is 0 Å². The molecule has 1 fully saturated rings. The summed E-state index contributed by atoms with van der Waals surface area (Å²) in [5, 5.41) is 0. The van der Waals surface area contributed by atoms with Crippen LogP contribution in [0.1, 0.15) is 25.7 Å². The summed E-state index contributed by atoms with van der Waals surface area (Å²) in [6.45, 7) is 0. The van der Waals surface area contributed by atoms with E-state index in [4.69, 9.17) is 4.74 Å². The summed E-state index contributed by atoms with van der Waals surface area (Å²) in [4.78, 5) is 10.9. The third-order valence-corrected chi connectivity index (χ3v) is 2.45. The standard InChI is InChI=1S/C9H12O2/c10-9-7-5-3-1-2-4-6-8(7)11-9/h1-2,7-8H,3-6H2/b2-1-/t7-,8+/m1/s1. The minimum absolute atomic E-state index is 0.0188. The Morgan fingerprint density at radius 1 is 1.27 bits per heavy atom. The van der Waals surface area contributed by atoms with Gasteiger partial charge < -0.3 is 4.74 Å². The fraction of sp³-hybridized carbons (Fsp3) is 0.667. The second-order valence-electron chi connectivity index (χ2n) is 3.21. The summed E-state index contributed by atoms with van der Waals surface area (Å²) in [5.74, 6) is 0.241. The van der Waals surface area contributed by atoms with E-state index in [0.717, 1.165) is 25.7 Å². The Hall–Kier alpha value is -0.790. The third-order valence-electron chi connectivity index (χ3n) is 2.45. The molecule has 1 aliphatic carbocycles. The molecule has 0 aromatic heterocycles. The van der Waals surface area contributed by atoms with Crippen LogP contribution in [0.4, 0.5) is 0 Å². The number of carbonyl (C=O) groups is 1. The number of esters is 1. The summed E-state index contributed by atoms with van der Waals surface area (Å²) >= 11 is 0. The van der Waals surface area contributed by atoms with Crippen molar-refractivity contribution < 1.29 is 9.53 Å². The van der Waals surface area contributed by atoms with Gasteiger partial charge in [-0.2, -0.15) is 0 Å². The Kier molecular flexibility index (Phi) is 1.68. The highest BCUT2D eigenvalue weighted by molar-refractivity contribution is 5.78. The van der Waals surface area contributed by atoms with Gasteiger partial charge in [0, 0.05) is 0 Å². The average molecular weight is 152 g/mol. The quantitative estimate of drug-likeness (QED) is 0.390. The number of ether oxygens (including phenoxy) is 1. The SMILES string of the molecule is O=C1O[C@H]2CC/C=C\CC[C@@H]12. The zero-order valence-electron chi connectivity index (χ0n) is 6.45. The lowest BCUT2D eigenvalue weighted by molar-refractivity contribution is -0.185. The highest BCUT2D eigenvalue weighted by atomic mass is 16.6. The highest BCUT2D eigenvalue weighted by Crippen LogP contribution is 2.31. The second-order valence-corrected chi connectivity index (χ2v) is 3.21. The molecule has 0 bridgehead atoms. The van der Waals surface area contributed by atoms with Crippen LogP contribution in [-0.4, -0.2) is 12.1 Å². The molecule has 0 saturated carbocycles. The molecule has 0 aromatic rings. The van der Waals surface area contributed by atoms with E-state index >= 15 is 0 Å². The fourth-order valence-electron chi connectivity index (χ4n) is 1.73. The minimum atomic E-state index is 0.0188. The maximum absolute atomic E-state index is 10.9. The van der Waals surface area contributed by atoms with Crippen molar-refractivity contribution in [3.8, 4) is 0 Å². The van der Waals surface area contributed by atoms with Crippen molar-refractivity contribution in [1.29, 1.82) is 0 Å². The Labute approximate surface area is 66.2 Å². The molecule has 2 aliphatic rings. The van der Waals surface area contributed by atoms with Crippen molar-refractivity contribution in [2.75, 3.05) is 0 Å². The Morgan fingerprint density at radius 3 is 2.73 bits per heavy atom. The van der Waals surface area contributed by atoms with Gasteiger partial charge >= 0.3 is 5.97 Å². The topological polar surface area (TPSA) is 26.3 Å². The van der Waals surface area contributed by atoms with Crippen LogP contribution >= 0.6 is 0 Å². The van der Waals surface area contributed by atoms with E-state index < -0.39 is 0 Å². The van der Waals surface area contributed by atoms with E-state index in [1.807, 2.05) is 0 Å². The number of hydrogen-bond donors (Lipinski definition) is 0. The van der Waals surface area contributed by atoms with E-state index in [2.05, 4.69) is 12.2 Å². The molecule has 0 radical (unpaired) electrons. The van der Waals surface area contributed by atoms with Crippen LogP contribution in [0.25, 0.3) is 0 Å². The summed E-state index contributed by atoms with van der Waals surface area (Å²) in [6.07, 6.45) is 8.70. The normalized spacial score (nSPS) is 39.1. The second kappa shape index (κ2) is 2.68. The Morgan fingerprint density at radius 2 is 2.00 bits per heavy atom. The molecule has 2 rings (SSSR count). The van der Waals surface area contributed by atoms with Gasteiger partial charge in [0.05, 0.1) is 5.92 Å². The molecular formula is C9H12O2. The van der Waals surface area contributed by atoms with Gasteiger partial charge in [-0.25, -0.2) is 0 Å². The zero-order valence-corrected chi connectivity index (χ0v) is 6.45. The van der Waals surface area contributed by atoms with Gasteiger partial charge in [-0.3, -0.25) is 4.79 Å². The lowest BCUT2D eigenvalue weighted by atomic mass is 9.87. The molecule has 0 spiro atoms. The summed E-state index contributed by atoms with van der Waals surface area (Å²) in [7, 11) is 0. The molecule has 0 aromatic carbocycles. The average Bonchev–Trinajstić information content (AvgIpc) is 1.96. The predicted molar refractivity (Wildman–Crippen MR) is 41.0 cm³/mol. The van der Waals surface area contributed by atoms with Crippen LogP contribution in [0.2, 0.25) is 0 Å². The molecule has 0 unspecified atom stereocenters. The molecule has 60 valence electrons. The first kappa shape index (κ1) is 6.89. The van der Waals surface area contributed by atoms with E-state index in [-0.39, 0.29) is 18.0 Å². The molecular weight excluding hydrogens is 140 g/mol. The van der Waals surface area contributed by atoms with Crippen molar-refractivity contribution >= 4 is 5.97 Å². The fourth-order valence-corrected chi connectivity index (χ4v) is 1.73. The van der Waals surface area contributed by atoms with Crippen LogP contribution in [-0.2, 0) is 9.53 Å². The molecule has 2 nitrogen and oxygen atoms in total. The van der Waals surface area contributed by atoms with E-state index in [1.54, 1.807) is 0 Å². The van der Waals surface area contributed by atoms with Crippen LogP contribution in [0.15, 0.2) is 12.2 Å². The van der Waals surface area contributed by atoms with Gasteiger partial charge in [-0.15, -0.1) is 0 Å². The van der Waals surface area contributed by atoms with Crippen LogP contribution in [0.5, 0.6) is 0 Å². The molecule has 0 N–H and O–H groups in total. The Balaban J connectivity index is 2.00. The summed E-state index contributed by atoms with van der Waals surface area (Å²) in [5.41, 5.74) is 0. The van der Waals surface area contributed by atoms with Crippen LogP contribution in [0, 0.1) is 5.92 Å². The molecule has 1 saturated heterocycles. The monoisotopic (exact) mass is 152 g/mol. The summed E-state index contributed by atoms with van der Waals surface area (Å²) in [6, 6.07) is 0. The van der Waals surface area contributed by atoms with Gasteiger partial charge in [-0.1, -0.05) is 12.2 Å². The van der Waals surface area contributed by atoms with Crippen molar-refractivity contribution in [3.05, 3.63) is 12.2 Å². The molecule has 1 heterocycles. The predicted octanol–water partition coefficient (Wildman–Crippen LogP) is 1.66. The zero-order chi connectivity index (χ0) is 7.68. The van der Waals surface area contributed by atoms with Crippen molar-refractivity contribution in [3.63, 3.8) is 0 Å². The lowest BCUT2D eigenvalue weighted by Gasteiger charge is -2.35. The number of rotatable bonds is 0. The van der Waals surface area contributed by atoms with Crippen molar-refractivity contribution in [2.24, 2.45) is 5.92 Å². The first-order chi connectivity index (χ1) is 5.38. The van der Waals surface area contributed by atoms with E-state index in [1.165, 1.54) is 0 Å². The summed E-state index contributed by atoms with van der Waals surface area (Å²) < 4.78 is 5.01. The molecule has 11 heavy (non-hydrogen) atoms.